The van der Waals surface area contributed by atoms with E-state index in [-0.39, 0.29) is 6.61 Å². The van der Waals surface area contributed by atoms with Crippen LogP contribution in [-0.2, 0) is 21.0 Å². The van der Waals surface area contributed by atoms with E-state index >= 15 is 0 Å². The standard InChI is InChI=1S/C18H18BrNO4/c1-13(20-24-11-14-6-8-16(19)9-7-14)15-4-3-5-17(10-15)23-12-18(21)22-2/h3-10H,11-12H2,1-2H3. The van der Waals surface area contributed by atoms with Gasteiger partial charge in [-0.15, -0.1) is 0 Å². The molecule has 2 aromatic carbocycles. The number of carbonyl (C=O) groups excluding carboxylic acids is 1. The molecule has 0 aliphatic carbocycles. The summed E-state index contributed by atoms with van der Waals surface area (Å²) >= 11 is 3.39. The van der Waals surface area contributed by atoms with Crippen molar-refractivity contribution in [2.75, 3.05) is 13.7 Å². The maximum absolute atomic E-state index is 11.1. The highest BCUT2D eigenvalue weighted by Gasteiger charge is 2.04. The molecule has 2 rings (SSSR count). The minimum absolute atomic E-state index is 0.129. The predicted molar refractivity (Wildman–Crippen MR) is 95.1 cm³/mol. The van der Waals surface area contributed by atoms with Gasteiger partial charge in [0.2, 0.25) is 0 Å². The van der Waals surface area contributed by atoms with E-state index < -0.39 is 5.97 Å². The lowest BCUT2D eigenvalue weighted by Crippen LogP contribution is -2.12. The zero-order valence-electron chi connectivity index (χ0n) is 13.5. The lowest BCUT2D eigenvalue weighted by atomic mass is 10.1. The van der Waals surface area contributed by atoms with E-state index in [9.17, 15) is 4.79 Å². The van der Waals surface area contributed by atoms with E-state index in [2.05, 4.69) is 25.8 Å². The third-order valence-electron chi connectivity index (χ3n) is 3.18. The molecule has 0 aliphatic rings. The van der Waals surface area contributed by atoms with Crippen molar-refractivity contribution in [1.82, 2.24) is 0 Å². The van der Waals surface area contributed by atoms with Crippen LogP contribution in [0.25, 0.3) is 0 Å². The van der Waals surface area contributed by atoms with E-state index in [0.29, 0.717) is 12.4 Å². The zero-order chi connectivity index (χ0) is 17.4. The van der Waals surface area contributed by atoms with E-state index in [0.717, 1.165) is 21.3 Å². The fourth-order valence-corrected chi connectivity index (χ4v) is 2.11. The number of methoxy groups -OCH3 is 1. The van der Waals surface area contributed by atoms with Gasteiger partial charge in [-0.1, -0.05) is 45.4 Å². The minimum atomic E-state index is -0.427. The molecular weight excluding hydrogens is 374 g/mol. The zero-order valence-corrected chi connectivity index (χ0v) is 15.1. The molecule has 0 saturated heterocycles. The molecule has 24 heavy (non-hydrogen) atoms. The minimum Gasteiger partial charge on any atom is -0.482 e. The lowest BCUT2D eigenvalue weighted by Gasteiger charge is -2.07. The number of esters is 1. The van der Waals surface area contributed by atoms with E-state index in [1.54, 1.807) is 12.1 Å². The topological polar surface area (TPSA) is 57.1 Å². The summed E-state index contributed by atoms with van der Waals surface area (Å²) in [6, 6.07) is 15.1. The summed E-state index contributed by atoms with van der Waals surface area (Å²) in [5.41, 5.74) is 2.61. The van der Waals surface area contributed by atoms with Crippen molar-refractivity contribution in [1.29, 1.82) is 0 Å². The van der Waals surface area contributed by atoms with Gasteiger partial charge in [0.25, 0.3) is 0 Å². The van der Waals surface area contributed by atoms with Crippen molar-refractivity contribution in [3.8, 4) is 5.75 Å². The molecule has 6 heteroatoms. The second kappa shape index (κ2) is 9.08. The first-order chi connectivity index (χ1) is 11.6. The second-order valence-corrected chi connectivity index (χ2v) is 5.88. The molecule has 5 nitrogen and oxygen atoms in total. The number of rotatable bonds is 7. The first kappa shape index (κ1) is 18.0. The van der Waals surface area contributed by atoms with Gasteiger partial charge in [-0.3, -0.25) is 0 Å². The largest absolute Gasteiger partial charge is 0.482 e. The molecule has 0 spiro atoms. The molecule has 0 fully saturated rings. The summed E-state index contributed by atoms with van der Waals surface area (Å²) < 4.78 is 10.9. The summed E-state index contributed by atoms with van der Waals surface area (Å²) in [6.45, 7) is 2.11. The highest BCUT2D eigenvalue weighted by molar-refractivity contribution is 9.10. The Morgan fingerprint density at radius 2 is 1.92 bits per heavy atom. The molecule has 0 aromatic heterocycles. The molecule has 2 aromatic rings. The number of halogens is 1. The van der Waals surface area contributed by atoms with Gasteiger partial charge < -0.3 is 14.3 Å². The number of ether oxygens (including phenoxy) is 2. The number of hydrogen-bond acceptors (Lipinski definition) is 5. The molecule has 0 radical (unpaired) electrons. The monoisotopic (exact) mass is 391 g/mol. The van der Waals surface area contributed by atoms with Crippen molar-refractivity contribution in [2.45, 2.75) is 13.5 Å². The number of benzene rings is 2. The van der Waals surface area contributed by atoms with Crippen LogP contribution in [-0.4, -0.2) is 25.4 Å². The average Bonchev–Trinajstić information content (AvgIpc) is 2.61. The first-order valence-corrected chi connectivity index (χ1v) is 8.09. The summed E-state index contributed by atoms with van der Waals surface area (Å²) in [5, 5.41) is 4.12. The molecule has 0 aliphatic heterocycles. The lowest BCUT2D eigenvalue weighted by molar-refractivity contribution is -0.142. The van der Waals surface area contributed by atoms with E-state index in [4.69, 9.17) is 9.57 Å². The summed E-state index contributed by atoms with van der Waals surface area (Å²) in [6.07, 6.45) is 0. The van der Waals surface area contributed by atoms with Gasteiger partial charge in [0, 0.05) is 10.0 Å². The molecule has 0 bridgehead atoms. The van der Waals surface area contributed by atoms with Crippen LogP contribution in [0.4, 0.5) is 0 Å². The molecule has 0 atom stereocenters. The molecule has 0 unspecified atom stereocenters. The van der Waals surface area contributed by atoms with Gasteiger partial charge in [0.1, 0.15) is 12.4 Å². The summed E-state index contributed by atoms with van der Waals surface area (Å²) in [7, 11) is 1.32. The molecule has 0 heterocycles. The van der Waals surface area contributed by atoms with Gasteiger partial charge in [0.05, 0.1) is 12.8 Å². The van der Waals surface area contributed by atoms with Crippen molar-refractivity contribution >= 4 is 27.6 Å². The van der Waals surface area contributed by atoms with Crippen molar-refractivity contribution in [3.05, 3.63) is 64.1 Å². The van der Waals surface area contributed by atoms with Crippen LogP contribution in [0.3, 0.4) is 0 Å². The quantitative estimate of drug-likeness (QED) is 0.407. The van der Waals surface area contributed by atoms with Crippen LogP contribution in [0, 0.1) is 0 Å². The van der Waals surface area contributed by atoms with E-state index in [1.807, 2.05) is 43.3 Å². The third kappa shape index (κ3) is 5.70. The van der Waals surface area contributed by atoms with Crippen LogP contribution in [0.2, 0.25) is 0 Å². The Labute approximate surface area is 149 Å². The fourth-order valence-electron chi connectivity index (χ4n) is 1.85. The first-order valence-electron chi connectivity index (χ1n) is 7.29. The maximum Gasteiger partial charge on any atom is 0.343 e. The summed E-state index contributed by atoms with van der Waals surface area (Å²) in [5.74, 6) is 0.143. The Morgan fingerprint density at radius 1 is 1.17 bits per heavy atom. The van der Waals surface area contributed by atoms with Crippen LogP contribution < -0.4 is 4.74 Å². The van der Waals surface area contributed by atoms with Crippen molar-refractivity contribution in [2.24, 2.45) is 5.16 Å². The van der Waals surface area contributed by atoms with Gasteiger partial charge in [-0.05, 0) is 36.8 Å². The number of nitrogens with zero attached hydrogens (tertiary/aromatic N) is 1. The van der Waals surface area contributed by atoms with Gasteiger partial charge in [-0.25, -0.2) is 4.79 Å². The van der Waals surface area contributed by atoms with Gasteiger partial charge in [-0.2, -0.15) is 0 Å². The van der Waals surface area contributed by atoms with Crippen molar-refractivity contribution in [3.63, 3.8) is 0 Å². The Balaban J connectivity index is 1.94. The molecule has 0 N–H and O–H groups in total. The SMILES string of the molecule is COC(=O)COc1cccc(C(C)=NOCc2ccc(Br)cc2)c1. The second-order valence-electron chi connectivity index (χ2n) is 4.97. The molecule has 126 valence electrons. The van der Waals surface area contributed by atoms with Crippen LogP contribution in [0.1, 0.15) is 18.1 Å². The number of hydrogen-bond donors (Lipinski definition) is 0. The van der Waals surface area contributed by atoms with E-state index in [1.165, 1.54) is 7.11 Å². The Bertz CT molecular complexity index is 713. The van der Waals surface area contributed by atoms with Crippen LogP contribution in [0.5, 0.6) is 5.75 Å². The number of oxime groups is 1. The average molecular weight is 392 g/mol. The molecule has 0 saturated carbocycles. The van der Waals surface area contributed by atoms with Gasteiger partial charge >= 0.3 is 5.97 Å². The Kier molecular flexibility index (Phi) is 6.81. The summed E-state index contributed by atoms with van der Waals surface area (Å²) in [4.78, 5) is 16.5. The highest BCUT2D eigenvalue weighted by atomic mass is 79.9. The highest BCUT2D eigenvalue weighted by Crippen LogP contribution is 2.15. The third-order valence-corrected chi connectivity index (χ3v) is 3.71. The van der Waals surface area contributed by atoms with Crippen LogP contribution >= 0.6 is 15.9 Å². The predicted octanol–water partition coefficient (Wildman–Crippen LogP) is 3.94. The molecule has 0 amide bonds. The van der Waals surface area contributed by atoms with Crippen molar-refractivity contribution < 1.29 is 19.1 Å². The Morgan fingerprint density at radius 3 is 2.62 bits per heavy atom. The van der Waals surface area contributed by atoms with Crippen LogP contribution in [0.15, 0.2) is 58.2 Å². The van der Waals surface area contributed by atoms with Gasteiger partial charge in [0.15, 0.2) is 6.61 Å². The maximum atomic E-state index is 11.1. The number of carbonyl (C=O) groups is 1. The molecular formula is C18H18BrNO4. The smallest absolute Gasteiger partial charge is 0.343 e. The Hall–Kier alpha value is -2.34. The normalized spacial score (nSPS) is 11.0. The fraction of sp³-hybridized carbons (Fsp3) is 0.222.